The predicted octanol–water partition coefficient (Wildman–Crippen LogP) is 3.24. The molecule has 0 N–H and O–H groups in total. The van der Waals surface area contributed by atoms with E-state index in [1.165, 1.54) is 4.88 Å². The summed E-state index contributed by atoms with van der Waals surface area (Å²) in [6.45, 7) is 3.83. The number of halogens is 1. The van der Waals surface area contributed by atoms with Crippen LogP contribution in [0.15, 0.2) is 28.3 Å². The number of thiazole rings is 1. The maximum absolute atomic E-state index is 4.37. The van der Waals surface area contributed by atoms with E-state index >= 15 is 0 Å². The van der Waals surface area contributed by atoms with Crippen LogP contribution in [-0.4, -0.2) is 21.9 Å². The number of rotatable bonds is 4. The highest BCUT2D eigenvalue weighted by molar-refractivity contribution is 9.10. The van der Waals surface area contributed by atoms with Gasteiger partial charge in [-0.15, -0.1) is 11.3 Å². The lowest BCUT2D eigenvalue weighted by Crippen LogP contribution is -2.17. The van der Waals surface area contributed by atoms with E-state index < -0.39 is 0 Å². The van der Waals surface area contributed by atoms with Crippen LogP contribution in [0, 0.1) is 6.92 Å². The number of hydrogen-bond donors (Lipinski definition) is 0. The number of pyridine rings is 1. The molecule has 0 fully saturated rings. The number of nitrogens with zero attached hydrogens (tertiary/aromatic N) is 3. The molecular formula is C12H14BrN3S. The van der Waals surface area contributed by atoms with Crippen molar-refractivity contribution in [2.24, 2.45) is 0 Å². The predicted molar refractivity (Wildman–Crippen MR) is 74.0 cm³/mol. The van der Waals surface area contributed by atoms with Crippen LogP contribution < -0.4 is 0 Å². The number of aryl methyl sites for hydroxylation is 1. The number of hydrogen-bond acceptors (Lipinski definition) is 4. The maximum Gasteiger partial charge on any atom is 0.0798 e. The van der Waals surface area contributed by atoms with Crippen molar-refractivity contribution < 1.29 is 0 Å². The minimum absolute atomic E-state index is 0.852. The van der Waals surface area contributed by atoms with Crippen molar-refractivity contribution in [3.05, 3.63) is 44.6 Å². The van der Waals surface area contributed by atoms with E-state index in [4.69, 9.17) is 0 Å². The van der Waals surface area contributed by atoms with Gasteiger partial charge in [0.05, 0.1) is 16.9 Å². The molecule has 5 heteroatoms. The van der Waals surface area contributed by atoms with Gasteiger partial charge < -0.3 is 0 Å². The monoisotopic (exact) mass is 311 g/mol. The van der Waals surface area contributed by atoms with Crippen LogP contribution in [0.4, 0.5) is 0 Å². The van der Waals surface area contributed by atoms with Crippen molar-refractivity contribution in [3.8, 4) is 0 Å². The normalized spacial score (nSPS) is 11.1. The fourth-order valence-corrected chi connectivity index (χ4v) is 2.65. The Morgan fingerprint density at radius 2 is 2.12 bits per heavy atom. The molecule has 0 aromatic carbocycles. The molecule has 0 amide bonds. The van der Waals surface area contributed by atoms with E-state index in [2.05, 4.69) is 44.8 Å². The second-order valence-corrected chi connectivity index (χ2v) is 5.86. The molecule has 0 saturated heterocycles. The van der Waals surface area contributed by atoms with Crippen LogP contribution in [0.3, 0.4) is 0 Å². The third-order valence-electron chi connectivity index (χ3n) is 2.48. The van der Waals surface area contributed by atoms with Crippen LogP contribution in [0.2, 0.25) is 0 Å². The molecule has 0 aliphatic rings. The third kappa shape index (κ3) is 3.59. The first-order valence-corrected chi connectivity index (χ1v) is 7.00. The smallest absolute Gasteiger partial charge is 0.0798 e. The molecule has 0 unspecified atom stereocenters. The first-order chi connectivity index (χ1) is 8.15. The van der Waals surface area contributed by atoms with Gasteiger partial charge in [-0.2, -0.15) is 0 Å². The first-order valence-electron chi connectivity index (χ1n) is 5.33. The van der Waals surface area contributed by atoms with Crippen LogP contribution in [-0.2, 0) is 13.1 Å². The Balaban J connectivity index is 1.95. The van der Waals surface area contributed by atoms with Crippen LogP contribution in [0.5, 0.6) is 0 Å². The Bertz CT molecular complexity index is 481. The molecule has 0 atom stereocenters. The molecular weight excluding hydrogens is 298 g/mol. The molecule has 90 valence electrons. The van der Waals surface area contributed by atoms with E-state index in [1.54, 1.807) is 11.3 Å². The van der Waals surface area contributed by atoms with E-state index in [0.717, 1.165) is 29.0 Å². The molecule has 2 aromatic heterocycles. The van der Waals surface area contributed by atoms with Gasteiger partial charge in [-0.3, -0.25) is 9.88 Å². The van der Waals surface area contributed by atoms with Gasteiger partial charge in [0, 0.05) is 28.6 Å². The molecule has 2 heterocycles. The number of aromatic nitrogens is 2. The molecule has 2 rings (SSSR count). The zero-order valence-electron chi connectivity index (χ0n) is 9.85. The summed E-state index contributed by atoms with van der Waals surface area (Å²) in [5.74, 6) is 0. The molecule has 17 heavy (non-hydrogen) atoms. The molecule has 0 radical (unpaired) electrons. The summed E-state index contributed by atoms with van der Waals surface area (Å²) in [6, 6.07) is 4.06. The third-order valence-corrected chi connectivity index (χ3v) is 3.87. The highest BCUT2D eigenvalue weighted by Gasteiger charge is 2.06. The standard InChI is InChI=1S/C12H14BrN3S/c1-9-12(17-8-15-9)7-16(2)6-11-4-3-10(13)5-14-11/h3-5,8H,6-7H2,1-2H3. The lowest BCUT2D eigenvalue weighted by molar-refractivity contribution is 0.317. The quantitative estimate of drug-likeness (QED) is 0.868. The highest BCUT2D eigenvalue weighted by atomic mass is 79.9. The fraction of sp³-hybridized carbons (Fsp3) is 0.333. The molecule has 2 aromatic rings. The molecule has 0 bridgehead atoms. The van der Waals surface area contributed by atoms with Gasteiger partial charge in [0.2, 0.25) is 0 Å². The Kier molecular flexibility index (Phi) is 4.25. The van der Waals surface area contributed by atoms with E-state index in [-0.39, 0.29) is 0 Å². The van der Waals surface area contributed by atoms with Gasteiger partial charge in [0.15, 0.2) is 0 Å². The average molecular weight is 312 g/mol. The summed E-state index contributed by atoms with van der Waals surface area (Å²) >= 11 is 5.10. The topological polar surface area (TPSA) is 29.0 Å². The van der Waals surface area contributed by atoms with Gasteiger partial charge >= 0.3 is 0 Å². The second kappa shape index (κ2) is 5.71. The Morgan fingerprint density at radius 3 is 2.71 bits per heavy atom. The molecule has 0 aliphatic carbocycles. The van der Waals surface area contributed by atoms with Crippen LogP contribution in [0.25, 0.3) is 0 Å². The van der Waals surface area contributed by atoms with E-state index in [0.29, 0.717) is 0 Å². The van der Waals surface area contributed by atoms with Crippen molar-refractivity contribution >= 4 is 27.3 Å². The Hall–Kier alpha value is -0.780. The SMILES string of the molecule is Cc1ncsc1CN(C)Cc1ccc(Br)cn1. The van der Waals surface area contributed by atoms with Crippen molar-refractivity contribution in [1.29, 1.82) is 0 Å². The summed E-state index contributed by atoms with van der Waals surface area (Å²) < 4.78 is 1.02. The summed E-state index contributed by atoms with van der Waals surface area (Å²) in [5, 5.41) is 0. The van der Waals surface area contributed by atoms with Gasteiger partial charge in [-0.1, -0.05) is 0 Å². The lowest BCUT2D eigenvalue weighted by atomic mass is 10.3. The van der Waals surface area contributed by atoms with Gasteiger partial charge in [0.25, 0.3) is 0 Å². The zero-order chi connectivity index (χ0) is 12.3. The summed E-state index contributed by atoms with van der Waals surface area (Å²) in [4.78, 5) is 12.2. The first kappa shape index (κ1) is 12.7. The Morgan fingerprint density at radius 1 is 1.29 bits per heavy atom. The van der Waals surface area contributed by atoms with Gasteiger partial charge in [0.1, 0.15) is 0 Å². The highest BCUT2D eigenvalue weighted by Crippen LogP contribution is 2.15. The molecule has 0 aliphatic heterocycles. The lowest BCUT2D eigenvalue weighted by Gasteiger charge is -2.15. The van der Waals surface area contributed by atoms with Crippen LogP contribution in [0.1, 0.15) is 16.3 Å². The minimum Gasteiger partial charge on any atom is -0.295 e. The van der Waals surface area contributed by atoms with E-state index in [9.17, 15) is 0 Å². The summed E-state index contributed by atoms with van der Waals surface area (Å²) in [5.41, 5.74) is 4.11. The van der Waals surface area contributed by atoms with E-state index in [1.807, 2.05) is 23.8 Å². The largest absolute Gasteiger partial charge is 0.295 e. The second-order valence-electron chi connectivity index (χ2n) is 4.00. The fourth-order valence-electron chi connectivity index (χ4n) is 1.56. The summed E-state index contributed by atoms with van der Waals surface area (Å²) in [7, 11) is 2.10. The Labute approximate surface area is 114 Å². The van der Waals surface area contributed by atoms with Crippen molar-refractivity contribution in [3.63, 3.8) is 0 Å². The van der Waals surface area contributed by atoms with Gasteiger partial charge in [-0.25, -0.2) is 4.98 Å². The maximum atomic E-state index is 4.37. The molecule has 3 nitrogen and oxygen atoms in total. The van der Waals surface area contributed by atoms with Crippen molar-refractivity contribution in [2.45, 2.75) is 20.0 Å². The molecule has 0 spiro atoms. The van der Waals surface area contributed by atoms with Crippen LogP contribution >= 0.6 is 27.3 Å². The van der Waals surface area contributed by atoms with Crippen molar-refractivity contribution in [1.82, 2.24) is 14.9 Å². The zero-order valence-corrected chi connectivity index (χ0v) is 12.3. The minimum atomic E-state index is 0.852. The van der Waals surface area contributed by atoms with Crippen molar-refractivity contribution in [2.75, 3.05) is 7.05 Å². The average Bonchev–Trinajstić information content (AvgIpc) is 2.68. The molecule has 0 saturated carbocycles. The summed E-state index contributed by atoms with van der Waals surface area (Å²) in [6.07, 6.45) is 1.83. The van der Waals surface area contributed by atoms with Gasteiger partial charge in [-0.05, 0) is 42.0 Å².